The van der Waals surface area contributed by atoms with E-state index in [0.717, 1.165) is 32.9 Å². The van der Waals surface area contributed by atoms with Crippen molar-refractivity contribution in [2.75, 3.05) is 33.7 Å². The maximum absolute atomic E-state index is 12.1. The third kappa shape index (κ3) is 7.97. The van der Waals surface area contributed by atoms with E-state index in [-0.39, 0.29) is 30.7 Å². The Hall–Kier alpha value is -3.63. The van der Waals surface area contributed by atoms with Gasteiger partial charge < -0.3 is 20.0 Å². The van der Waals surface area contributed by atoms with Gasteiger partial charge in [0.15, 0.2) is 0 Å². The first kappa shape index (κ1) is 26.0. The molecule has 10 heteroatoms. The first-order valence-electron chi connectivity index (χ1n) is 11.2. The predicted octanol–water partition coefficient (Wildman–Crippen LogP) is 2.75. The first-order chi connectivity index (χ1) is 16.9. The van der Waals surface area contributed by atoms with Crippen LogP contribution in [0.4, 0.5) is 0 Å². The van der Waals surface area contributed by atoms with Crippen molar-refractivity contribution in [3.63, 3.8) is 0 Å². The lowest BCUT2D eigenvalue weighted by Gasteiger charge is -2.10. The van der Waals surface area contributed by atoms with Crippen LogP contribution in [0.2, 0.25) is 0 Å². The zero-order chi connectivity index (χ0) is 25.2. The van der Waals surface area contributed by atoms with Crippen LogP contribution >= 0.6 is 11.3 Å². The summed E-state index contributed by atoms with van der Waals surface area (Å²) in [5.74, 6) is -0.0302. The molecule has 0 aliphatic carbocycles. The number of nitrogens with zero attached hydrogens (tertiary/aromatic N) is 4. The van der Waals surface area contributed by atoms with Gasteiger partial charge in [-0.2, -0.15) is 0 Å². The van der Waals surface area contributed by atoms with Gasteiger partial charge in [0.2, 0.25) is 23.6 Å². The summed E-state index contributed by atoms with van der Waals surface area (Å²) < 4.78 is 6.68. The van der Waals surface area contributed by atoms with E-state index < -0.39 is 0 Å². The van der Waals surface area contributed by atoms with E-state index in [9.17, 15) is 9.59 Å². The average Bonchev–Trinajstić information content (AvgIpc) is 3.42. The Morgan fingerprint density at radius 2 is 1.97 bits per heavy atom. The number of rotatable bonds is 12. The van der Waals surface area contributed by atoms with Crippen LogP contribution in [0.5, 0.6) is 0 Å². The lowest BCUT2D eigenvalue weighted by Crippen LogP contribution is -2.39. The molecule has 0 saturated heterocycles. The highest BCUT2D eigenvalue weighted by Crippen LogP contribution is 2.28. The molecule has 3 rings (SSSR count). The molecule has 0 spiro atoms. The number of hydrogen-bond acceptors (Lipinski definition) is 8. The van der Waals surface area contributed by atoms with Gasteiger partial charge in [0.1, 0.15) is 11.4 Å². The van der Waals surface area contributed by atoms with E-state index in [4.69, 9.17) is 4.42 Å². The maximum Gasteiger partial charge on any atom is 0.239 e. The number of carbonyl (C=O) groups is 2. The Kier molecular flexibility index (Phi) is 9.45. The van der Waals surface area contributed by atoms with Gasteiger partial charge in [-0.25, -0.2) is 4.98 Å². The van der Waals surface area contributed by atoms with Gasteiger partial charge in [-0.15, -0.1) is 21.5 Å². The van der Waals surface area contributed by atoms with Gasteiger partial charge in [0.25, 0.3) is 0 Å². The molecule has 0 fully saturated rings. The van der Waals surface area contributed by atoms with Crippen LogP contribution in [0, 0.1) is 0 Å². The summed E-state index contributed by atoms with van der Waals surface area (Å²) in [5, 5.41) is 14.1. The molecule has 2 N–H and O–H groups in total. The molecule has 0 saturated carbocycles. The number of allylic oxidation sites excluding steroid dienone is 5. The Morgan fingerprint density at radius 1 is 1.17 bits per heavy atom. The second kappa shape index (κ2) is 12.7. The Morgan fingerprint density at radius 3 is 2.71 bits per heavy atom. The molecule has 0 radical (unpaired) electrons. The SMILES string of the molecule is C=C/C=C(\C=C/C)c1ccc2nc(Cc3nnc(CC(=O)NCC(=O)NCCN(C)C)o3)sc2c1. The van der Waals surface area contributed by atoms with Gasteiger partial charge in [-0.3, -0.25) is 9.59 Å². The second-order valence-corrected chi connectivity index (χ2v) is 9.14. The third-order valence-corrected chi connectivity index (χ3v) is 5.88. The topological polar surface area (TPSA) is 113 Å². The molecule has 1 aromatic carbocycles. The van der Waals surface area contributed by atoms with Crippen molar-refractivity contribution < 1.29 is 14.0 Å². The molecule has 0 aliphatic rings. The summed E-state index contributed by atoms with van der Waals surface area (Å²) in [7, 11) is 3.84. The standard InChI is InChI=1S/C25H30N6O3S/c1-5-7-17(8-6-2)18-9-10-19-20(13-18)35-25(28-19)15-24-30-29-23(34-24)14-21(32)27-16-22(33)26-11-12-31(3)4/h5-10,13H,1,11-12,14-16H2,2-4H3,(H,26,33)(H,27,32)/b8-6-,17-7+. The van der Waals surface area contributed by atoms with Crippen molar-refractivity contribution in [3.05, 3.63) is 71.4 Å². The number of likely N-dealkylation sites (N-methyl/N-ethyl adjacent to an activating group) is 1. The molecule has 0 bridgehead atoms. The van der Waals surface area contributed by atoms with E-state index >= 15 is 0 Å². The highest BCUT2D eigenvalue weighted by Gasteiger charge is 2.14. The fourth-order valence-electron chi connectivity index (χ4n) is 3.20. The molecule has 35 heavy (non-hydrogen) atoms. The zero-order valence-corrected chi connectivity index (χ0v) is 21.0. The molecule has 184 valence electrons. The van der Waals surface area contributed by atoms with Crippen molar-refractivity contribution in [1.29, 1.82) is 0 Å². The van der Waals surface area contributed by atoms with Crippen molar-refractivity contribution in [1.82, 2.24) is 30.7 Å². The summed E-state index contributed by atoms with van der Waals surface area (Å²) >= 11 is 1.56. The van der Waals surface area contributed by atoms with Crippen LogP contribution < -0.4 is 10.6 Å². The Bertz CT molecular complexity index is 1240. The lowest BCUT2D eigenvalue weighted by atomic mass is 10.0. The minimum absolute atomic E-state index is 0.0927. The molecule has 3 aromatic rings. The Labute approximate surface area is 208 Å². The lowest BCUT2D eigenvalue weighted by molar-refractivity contribution is -0.125. The summed E-state index contributed by atoms with van der Waals surface area (Å²) in [5.41, 5.74) is 3.06. The van der Waals surface area contributed by atoms with E-state index in [1.807, 2.05) is 56.3 Å². The number of nitrogens with one attached hydrogen (secondary N) is 2. The van der Waals surface area contributed by atoms with Gasteiger partial charge in [-0.1, -0.05) is 36.9 Å². The molecule has 2 aromatic heterocycles. The minimum Gasteiger partial charge on any atom is -0.424 e. The number of benzene rings is 1. The number of hydrogen-bond donors (Lipinski definition) is 2. The smallest absolute Gasteiger partial charge is 0.239 e. The first-order valence-corrected chi connectivity index (χ1v) is 12.0. The van der Waals surface area contributed by atoms with Crippen molar-refractivity contribution in [3.8, 4) is 0 Å². The van der Waals surface area contributed by atoms with Crippen LogP contribution in [-0.2, 0) is 22.4 Å². The molecule has 0 atom stereocenters. The highest BCUT2D eigenvalue weighted by atomic mass is 32.1. The van der Waals surface area contributed by atoms with Gasteiger partial charge in [-0.05, 0) is 44.3 Å². The number of fused-ring (bicyclic) bond motifs is 1. The van der Waals surface area contributed by atoms with Crippen molar-refractivity contribution in [2.24, 2.45) is 0 Å². The number of amides is 2. The largest absolute Gasteiger partial charge is 0.424 e. The monoisotopic (exact) mass is 494 g/mol. The summed E-state index contributed by atoms with van der Waals surface area (Å²) in [6, 6.07) is 6.13. The normalized spacial score (nSPS) is 11.9. The average molecular weight is 495 g/mol. The molecule has 9 nitrogen and oxygen atoms in total. The number of thiazole rings is 1. The van der Waals surface area contributed by atoms with E-state index in [1.54, 1.807) is 17.4 Å². The quantitative estimate of drug-likeness (QED) is 0.372. The molecule has 0 unspecified atom stereocenters. The fraction of sp³-hybridized carbons (Fsp3) is 0.320. The van der Waals surface area contributed by atoms with Crippen LogP contribution in [0.3, 0.4) is 0 Å². The molecule has 2 heterocycles. The van der Waals surface area contributed by atoms with Crippen molar-refractivity contribution in [2.45, 2.75) is 19.8 Å². The number of aromatic nitrogens is 3. The van der Waals surface area contributed by atoms with Crippen LogP contribution in [0.1, 0.15) is 29.3 Å². The van der Waals surface area contributed by atoms with Crippen LogP contribution in [0.15, 0.2) is 53.5 Å². The minimum atomic E-state index is -0.361. The van der Waals surface area contributed by atoms with Gasteiger partial charge in [0.05, 0.1) is 23.2 Å². The summed E-state index contributed by atoms with van der Waals surface area (Å²) in [6.45, 7) is 6.91. The summed E-state index contributed by atoms with van der Waals surface area (Å²) in [4.78, 5) is 30.5. The summed E-state index contributed by atoms with van der Waals surface area (Å²) in [6.07, 6.45) is 8.06. The van der Waals surface area contributed by atoms with Crippen molar-refractivity contribution >= 4 is 38.9 Å². The van der Waals surface area contributed by atoms with Gasteiger partial charge >= 0.3 is 0 Å². The van der Waals surface area contributed by atoms with Crippen LogP contribution in [0.25, 0.3) is 15.8 Å². The molecular weight excluding hydrogens is 464 g/mol. The molecule has 0 aliphatic heterocycles. The van der Waals surface area contributed by atoms with E-state index in [1.165, 1.54) is 0 Å². The van der Waals surface area contributed by atoms with Crippen LogP contribution in [-0.4, -0.2) is 65.6 Å². The van der Waals surface area contributed by atoms with E-state index in [2.05, 4.69) is 38.5 Å². The maximum atomic E-state index is 12.1. The Balaban J connectivity index is 1.56. The zero-order valence-electron chi connectivity index (χ0n) is 20.2. The third-order valence-electron chi connectivity index (χ3n) is 4.86. The second-order valence-electron chi connectivity index (χ2n) is 8.02. The predicted molar refractivity (Wildman–Crippen MR) is 138 cm³/mol. The van der Waals surface area contributed by atoms with E-state index in [0.29, 0.717) is 18.9 Å². The molecule has 2 amide bonds. The van der Waals surface area contributed by atoms with Gasteiger partial charge in [0, 0.05) is 13.1 Å². The fourth-order valence-corrected chi connectivity index (χ4v) is 4.20. The number of carbonyl (C=O) groups excluding carboxylic acids is 2. The highest BCUT2D eigenvalue weighted by molar-refractivity contribution is 7.18. The molecular formula is C25H30N6O3S.